The van der Waals surface area contributed by atoms with Gasteiger partial charge >= 0.3 is 5.97 Å². The molecule has 0 aliphatic carbocycles. The molecule has 7 nitrogen and oxygen atoms in total. The maximum atomic E-state index is 12.1. The first-order valence-corrected chi connectivity index (χ1v) is 9.78. The second-order valence-corrected chi connectivity index (χ2v) is 7.27. The van der Waals surface area contributed by atoms with E-state index in [1.165, 1.54) is 11.3 Å². The summed E-state index contributed by atoms with van der Waals surface area (Å²) < 4.78 is 10.2. The summed E-state index contributed by atoms with van der Waals surface area (Å²) in [6.07, 6.45) is -0.0703. The molecule has 8 heteroatoms. The van der Waals surface area contributed by atoms with E-state index in [1.807, 2.05) is 54.8 Å². The molecule has 0 saturated heterocycles. The smallest absolute Gasteiger partial charge is 0.312 e. The zero-order valence-electron chi connectivity index (χ0n) is 15.5. The first-order chi connectivity index (χ1) is 14.1. The number of hydrogen-bond acceptors (Lipinski definition) is 7. The molecule has 29 heavy (non-hydrogen) atoms. The Balaban J connectivity index is 1.30. The summed E-state index contributed by atoms with van der Waals surface area (Å²) in [4.78, 5) is 28.5. The Morgan fingerprint density at radius 1 is 1.14 bits per heavy atom. The first-order valence-electron chi connectivity index (χ1n) is 8.90. The number of nitrogens with one attached hydrogen (secondary N) is 1. The van der Waals surface area contributed by atoms with Crippen molar-refractivity contribution >= 4 is 39.3 Å². The molecule has 1 amide bonds. The third-order valence-electron chi connectivity index (χ3n) is 4.23. The van der Waals surface area contributed by atoms with Gasteiger partial charge in [0.2, 0.25) is 0 Å². The predicted molar refractivity (Wildman–Crippen MR) is 110 cm³/mol. The average Bonchev–Trinajstić information content (AvgIpc) is 3.35. The van der Waals surface area contributed by atoms with Crippen LogP contribution in [0.4, 0.5) is 5.13 Å². The maximum Gasteiger partial charge on any atom is 0.312 e. The van der Waals surface area contributed by atoms with Gasteiger partial charge in [0.05, 0.1) is 12.1 Å². The Labute approximate surface area is 170 Å². The molecule has 146 valence electrons. The molecule has 0 bridgehead atoms. The van der Waals surface area contributed by atoms with Gasteiger partial charge in [-0.05, 0) is 19.1 Å². The lowest BCUT2D eigenvalue weighted by molar-refractivity contribution is -0.146. The van der Waals surface area contributed by atoms with Gasteiger partial charge in [-0.1, -0.05) is 47.1 Å². The van der Waals surface area contributed by atoms with Crippen molar-refractivity contribution in [1.82, 2.24) is 10.1 Å². The Morgan fingerprint density at radius 3 is 2.76 bits per heavy atom. The van der Waals surface area contributed by atoms with Crippen molar-refractivity contribution in [3.05, 3.63) is 65.2 Å². The van der Waals surface area contributed by atoms with Crippen LogP contribution in [0.15, 0.2) is 58.4 Å². The standard InChI is InChI=1S/C21H17N3O4S/c1-13-6-8-14(9-7-13)17-12-29-21(22-17)23-19(25)11-27-20(26)10-16-15-4-2-3-5-18(15)28-24-16/h2-9,12H,10-11H2,1H3,(H,22,23,25). The van der Waals surface area contributed by atoms with Crippen LogP contribution in [0.2, 0.25) is 0 Å². The molecule has 2 heterocycles. The maximum absolute atomic E-state index is 12.1. The molecule has 0 aliphatic heterocycles. The summed E-state index contributed by atoms with van der Waals surface area (Å²) in [7, 11) is 0. The fraction of sp³-hybridized carbons (Fsp3) is 0.143. The van der Waals surface area contributed by atoms with Crippen LogP contribution in [-0.4, -0.2) is 28.6 Å². The fourth-order valence-electron chi connectivity index (χ4n) is 2.74. The number of nitrogens with zero attached hydrogens (tertiary/aromatic N) is 2. The second-order valence-electron chi connectivity index (χ2n) is 6.41. The fourth-order valence-corrected chi connectivity index (χ4v) is 3.48. The highest BCUT2D eigenvalue weighted by Gasteiger charge is 2.15. The molecule has 2 aromatic heterocycles. The minimum atomic E-state index is -0.557. The van der Waals surface area contributed by atoms with Gasteiger partial charge in [-0.2, -0.15) is 0 Å². The van der Waals surface area contributed by atoms with Crippen molar-refractivity contribution < 1.29 is 18.8 Å². The van der Waals surface area contributed by atoms with Gasteiger partial charge in [0, 0.05) is 16.3 Å². The largest absolute Gasteiger partial charge is 0.455 e. The van der Waals surface area contributed by atoms with Gasteiger partial charge in [-0.3, -0.25) is 14.9 Å². The van der Waals surface area contributed by atoms with E-state index in [-0.39, 0.29) is 6.42 Å². The van der Waals surface area contributed by atoms with E-state index in [0.717, 1.165) is 22.2 Å². The lowest BCUT2D eigenvalue weighted by atomic mass is 10.1. The summed E-state index contributed by atoms with van der Waals surface area (Å²) in [6.45, 7) is 1.62. The summed E-state index contributed by atoms with van der Waals surface area (Å²) in [5, 5.41) is 9.59. The minimum Gasteiger partial charge on any atom is -0.455 e. The lowest BCUT2D eigenvalue weighted by Gasteiger charge is -2.04. The third kappa shape index (κ3) is 4.49. The van der Waals surface area contributed by atoms with Crippen molar-refractivity contribution in [3.8, 4) is 11.3 Å². The Bertz CT molecular complexity index is 1160. The Hall–Kier alpha value is -3.52. The van der Waals surface area contributed by atoms with Gasteiger partial charge in [0.25, 0.3) is 5.91 Å². The number of ether oxygens (including phenoxy) is 1. The number of fused-ring (bicyclic) bond motifs is 1. The number of anilines is 1. The van der Waals surface area contributed by atoms with Gasteiger partial charge in [-0.25, -0.2) is 4.98 Å². The van der Waals surface area contributed by atoms with Crippen LogP contribution in [-0.2, 0) is 20.7 Å². The van der Waals surface area contributed by atoms with Crippen molar-refractivity contribution in [1.29, 1.82) is 0 Å². The minimum absolute atomic E-state index is 0.0703. The lowest BCUT2D eigenvalue weighted by Crippen LogP contribution is -2.21. The van der Waals surface area contributed by atoms with Gasteiger partial charge in [-0.15, -0.1) is 11.3 Å². The highest BCUT2D eigenvalue weighted by Crippen LogP contribution is 2.25. The highest BCUT2D eigenvalue weighted by molar-refractivity contribution is 7.14. The number of para-hydroxylation sites is 1. The summed E-state index contributed by atoms with van der Waals surface area (Å²) in [5.41, 5.74) is 3.99. The van der Waals surface area contributed by atoms with E-state index >= 15 is 0 Å². The molecule has 4 aromatic rings. The SMILES string of the molecule is Cc1ccc(-c2csc(NC(=O)COC(=O)Cc3noc4ccccc34)n2)cc1. The van der Waals surface area contributed by atoms with Crippen LogP contribution in [0.3, 0.4) is 0 Å². The van der Waals surface area contributed by atoms with Crippen LogP contribution in [0.5, 0.6) is 0 Å². The Kier molecular flexibility index (Phi) is 5.35. The molecule has 0 spiro atoms. The Morgan fingerprint density at radius 2 is 1.93 bits per heavy atom. The molecule has 4 rings (SSSR count). The van der Waals surface area contributed by atoms with E-state index in [9.17, 15) is 9.59 Å². The summed E-state index contributed by atoms with van der Waals surface area (Å²) in [5.74, 6) is -1.01. The molecule has 0 unspecified atom stereocenters. The zero-order chi connectivity index (χ0) is 20.2. The van der Waals surface area contributed by atoms with E-state index < -0.39 is 18.5 Å². The predicted octanol–water partition coefficient (Wildman–Crippen LogP) is 3.98. The number of carbonyl (C=O) groups is 2. The molecule has 0 fully saturated rings. The first kappa shape index (κ1) is 18.8. The number of aromatic nitrogens is 2. The van der Waals surface area contributed by atoms with Crippen LogP contribution in [0, 0.1) is 6.92 Å². The van der Waals surface area contributed by atoms with E-state index in [2.05, 4.69) is 15.5 Å². The number of amides is 1. The summed E-state index contributed by atoms with van der Waals surface area (Å²) in [6, 6.07) is 15.2. The number of hydrogen-bond donors (Lipinski definition) is 1. The molecule has 1 N–H and O–H groups in total. The van der Waals surface area contributed by atoms with Crippen molar-refractivity contribution in [2.24, 2.45) is 0 Å². The second kappa shape index (κ2) is 8.24. The number of benzene rings is 2. The molecule has 0 saturated carbocycles. The average molecular weight is 407 g/mol. The van der Waals surface area contributed by atoms with Crippen molar-refractivity contribution in [3.63, 3.8) is 0 Å². The summed E-state index contributed by atoms with van der Waals surface area (Å²) >= 11 is 1.31. The molecule has 0 radical (unpaired) electrons. The zero-order valence-corrected chi connectivity index (χ0v) is 16.4. The van der Waals surface area contributed by atoms with Crippen LogP contribution >= 0.6 is 11.3 Å². The molecule has 0 aliphatic rings. The number of thiazole rings is 1. The van der Waals surface area contributed by atoms with Crippen molar-refractivity contribution in [2.75, 3.05) is 11.9 Å². The van der Waals surface area contributed by atoms with Gasteiger partial charge in [0.1, 0.15) is 5.69 Å². The number of esters is 1. The van der Waals surface area contributed by atoms with E-state index in [0.29, 0.717) is 16.4 Å². The molecular weight excluding hydrogens is 390 g/mol. The quantitative estimate of drug-likeness (QED) is 0.486. The molecule has 2 aromatic carbocycles. The molecule has 0 atom stereocenters. The number of carbonyl (C=O) groups excluding carboxylic acids is 2. The highest BCUT2D eigenvalue weighted by atomic mass is 32.1. The number of rotatable bonds is 6. The molecular formula is C21H17N3O4S. The number of aryl methyl sites for hydroxylation is 1. The van der Waals surface area contributed by atoms with Crippen molar-refractivity contribution in [2.45, 2.75) is 13.3 Å². The van der Waals surface area contributed by atoms with Crippen LogP contribution in [0.1, 0.15) is 11.3 Å². The van der Waals surface area contributed by atoms with Crippen LogP contribution < -0.4 is 5.32 Å². The van der Waals surface area contributed by atoms with Gasteiger partial charge in [0.15, 0.2) is 17.3 Å². The monoisotopic (exact) mass is 407 g/mol. The van der Waals surface area contributed by atoms with Crippen LogP contribution in [0.25, 0.3) is 22.2 Å². The topological polar surface area (TPSA) is 94.3 Å². The third-order valence-corrected chi connectivity index (χ3v) is 4.98. The normalized spacial score (nSPS) is 10.8. The van der Waals surface area contributed by atoms with E-state index in [4.69, 9.17) is 9.26 Å². The van der Waals surface area contributed by atoms with Gasteiger partial charge < -0.3 is 9.26 Å². The van der Waals surface area contributed by atoms with E-state index in [1.54, 1.807) is 6.07 Å².